The van der Waals surface area contributed by atoms with Crippen LogP contribution in [0.4, 0.5) is 5.69 Å². The van der Waals surface area contributed by atoms with E-state index in [0.717, 1.165) is 17.7 Å². The number of hydrogen-bond donors (Lipinski definition) is 2. The van der Waals surface area contributed by atoms with Crippen LogP contribution < -0.4 is 10.1 Å². The molecule has 0 bridgehead atoms. The van der Waals surface area contributed by atoms with Crippen molar-refractivity contribution in [3.63, 3.8) is 0 Å². The van der Waals surface area contributed by atoms with Crippen LogP contribution in [0.3, 0.4) is 0 Å². The van der Waals surface area contributed by atoms with Crippen LogP contribution in [0.1, 0.15) is 5.56 Å². The largest absolute Gasteiger partial charge is 0.479 e. The molecule has 0 saturated carbocycles. The fraction of sp³-hybridized carbons (Fsp3) is 0.118. The summed E-state index contributed by atoms with van der Waals surface area (Å²) in [4.78, 5) is 3.21. The molecule has 0 saturated heterocycles. The Morgan fingerprint density at radius 3 is 2.95 bits per heavy atom. The lowest BCUT2D eigenvalue weighted by Crippen LogP contribution is -2.00. The lowest BCUT2D eigenvalue weighted by Gasteiger charge is -2.09. The third-order valence-electron chi connectivity index (χ3n) is 3.31. The summed E-state index contributed by atoms with van der Waals surface area (Å²) < 4.78 is 5.30. The van der Waals surface area contributed by atoms with Crippen LogP contribution in [0.15, 0.2) is 54.7 Å². The van der Waals surface area contributed by atoms with E-state index in [9.17, 15) is 0 Å². The fourth-order valence-electron chi connectivity index (χ4n) is 2.31. The smallest absolute Gasteiger partial charge is 0.174 e. The van der Waals surface area contributed by atoms with Crippen molar-refractivity contribution in [2.24, 2.45) is 0 Å². The van der Waals surface area contributed by atoms with Crippen LogP contribution in [0, 0.1) is 11.3 Å². The number of H-pyrrole nitrogens is 1. The molecule has 3 aromatic rings. The first-order valence-corrected chi connectivity index (χ1v) is 6.75. The third kappa shape index (κ3) is 2.98. The Labute approximate surface area is 123 Å². The number of nitrogens with one attached hydrogen (secondary N) is 2. The number of anilines is 1. The van der Waals surface area contributed by atoms with Gasteiger partial charge in [-0.3, -0.25) is 0 Å². The molecule has 0 aliphatic carbocycles. The lowest BCUT2D eigenvalue weighted by atomic mass is 10.1. The molecule has 104 valence electrons. The molecule has 0 radical (unpaired) electrons. The van der Waals surface area contributed by atoms with Crippen molar-refractivity contribution in [3.05, 3.63) is 60.3 Å². The Balaban J connectivity index is 1.73. The second-order valence-corrected chi connectivity index (χ2v) is 4.68. The van der Waals surface area contributed by atoms with Crippen molar-refractivity contribution in [2.45, 2.75) is 6.54 Å². The first-order chi connectivity index (χ1) is 10.4. The van der Waals surface area contributed by atoms with Crippen LogP contribution >= 0.6 is 0 Å². The maximum Gasteiger partial charge on any atom is 0.174 e. The zero-order valence-corrected chi connectivity index (χ0v) is 11.5. The molecule has 21 heavy (non-hydrogen) atoms. The number of benzene rings is 2. The molecule has 0 unspecified atom stereocenters. The normalized spacial score (nSPS) is 10.2. The molecule has 4 nitrogen and oxygen atoms in total. The van der Waals surface area contributed by atoms with E-state index >= 15 is 0 Å². The average Bonchev–Trinajstić information content (AvgIpc) is 3.00. The first-order valence-electron chi connectivity index (χ1n) is 6.75. The molecule has 1 heterocycles. The number of aromatic amines is 1. The Bertz CT molecular complexity index is 786. The summed E-state index contributed by atoms with van der Waals surface area (Å²) in [5.41, 5.74) is 3.34. The number of fused-ring (bicyclic) bond motifs is 1. The number of rotatable bonds is 5. The van der Waals surface area contributed by atoms with Crippen LogP contribution in [0.25, 0.3) is 10.9 Å². The molecule has 0 atom stereocenters. The van der Waals surface area contributed by atoms with Gasteiger partial charge in [0, 0.05) is 35.4 Å². The number of nitrogens with zero attached hydrogens (tertiary/aromatic N) is 1. The van der Waals surface area contributed by atoms with E-state index in [4.69, 9.17) is 10.00 Å². The summed E-state index contributed by atoms with van der Waals surface area (Å²) in [5.74, 6) is 0.696. The van der Waals surface area contributed by atoms with Gasteiger partial charge in [-0.15, -0.1) is 0 Å². The van der Waals surface area contributed by atoms with E-state index in [1.165, 1.54) is 10.9 Å². The highest BCUT2D eigenvalue weighted by molar-refractivity contribution is 5.83. The zero-order chi connectivity index (χ0) is 14.5. The number of ether oxygens (including phenoxy) is 1. The SMILES string of the molecule is N#CCOc1cccc(NCc2cccc3[nH]ccc23)c1. The van der Waals surface area contributed by atoms with Crippen molar-refractivity contribution < 1.29 is 4.74 Å². The number of hydrogen-bond acceptors (Lipinski definition) is 3. The van der Waals surface area contributed by atoms with Crippen molar-refractivity contribution in [1.82, 2.24) is 4.98 Å². The maximum absolute atomic E-state index is 8.54. The maximum atomic E-state index is 8.54. The van der Waals surface area contributed by atoms with Gasteiger partial charge < -0.3 is 15.0 Å². The fourth-order valence-corrected chi connectivity index (χ4v) is 2.31. The predicted molar refractivity (Wildman–Crippen MR) is 83.2 cm³/mol. The molecule has 3 rings (SSSR count). The third-order valence-corrected chi connectivity index (χ3v) is 3.31. The van der Waals surface area contributed by atoms with Crippen molar-refractivity contribution in [2.75, 3.05) is 11.9 Å². The second kappa shape index (κ2) is 6.02. The van der Waals surface area contributed by atoms with Gasteiger partial charge in [0.25, 0.3) is 0 Å². The molecule has 0 aliphatic heterocycles. The van der Waals surface area contributed by atoms with E-state index in [0.29, 0.717) is 5.75 Å². The Morgan fingerprint density at radius 1 is 1.14 bits per heavy atom. The summed E-state index contributed by atoms with van der Waals surface area (Å²) in [5, 5.41) is 13.1. The molecule has 2 N–H and O–H groups in total. The minimum absolute atomic E-state index is 0.0616. The van der Waals surface area contributed by atoms with Gasteiger partial charge in [-0.05, 0) is 29.8 Å². The monoisotopic (exact) mass is 277 g/mol. The van der Waals surface area contributed by atoms with E-state index in [-0.39, 0.29) is 6.61 Å². The summed E-state index contributed by atoms with van der Waals surface area (Å²) in [6.07, 6.45) is 1.95. The summed E-state index contributed by atoms with van der Waals surface area (Å²) in [6.45, 7) is 0.795. The topological polar surface area (TPSA) is 60.8 Å². The first kappa shape index (κ1) is 13.1. The number of nitriles is 1. The number of aromatic nitrogens is 1. The van der Waals surface area contributed by atoms with Crippen LogP contribution in [-0.4, -0.2) is 11.6 Å². The van der Waals surface area contributed by atoms with Crippen molar-refractivity contribution >= 4 is 16.6 Å². The van der Waals surface area contributed by atoms with Gasteiger partial charge in [0.15, 0.2) is 6.61 Å². The average molecular weight is 277 g/mol. The van der Waals surface area contributed by atoms with E-state index < -0.39 is 0 Å². The molecule has 4 heteroatoms. The minimum atomic E-state index is 0.0616. The van der Waals surface area contributed by atoms with Crippen molar-refractivity contribution in [1.29, 1.82) is 5.26 Å². The van der Waals surface area contributed by atoms with E-state index in [1.807, 2.05) is 42.6 Å². The molecular formula is C17H15N3O. The van der Waals surface area contributed by atoms with Gasteiger partial charge in [-0.2, -0.15) is 5.26 Å². The summed E-state index contributed by atoms with van der Waals surface area (Å²) in [7, 11) is 0. The highest BCUT2D eigenvalue weighted by Crippen LogP contribution is 2.21. The quantitative estimate of drug-likeness (QED) is 0.747. The van der Waals surface area contributed by atoms with Crippen LogP contribution in [0.5, 0.6) is 5.75 Å². The van der Waals surface area contributed by atoms with Crippen molar-refractivity contribution in [3.8, 4) is 11.8 Å². The Kier molecular flexibility index (Phi) is 3.74. The molecule has 0 amide bonds. The molecule has 2 aromatic carbocycles. The van der Waals surface area contributed by atoms with Crippen LogP contribution in [-0.2, 0) is 6.54 Å². The van der Waals surface area contributed by atoms with Gasteiger partial charge in [0.1, 0.15) is 11.8 Å². The summed E-state index contributed by atoms with van der Waals surface area (Å²) >= 11 is 0. The van der Waals surface area contributed by atoms with Gasteiger partial charge in [0.05, 0.1) is 0 Å². The van der Waals surface area contributed by atoms with Gasteiger partial charge in [-0.25, -0.2) is 0 Å². The molecule has 0 aliphatic rings. The molecule has 1 aromatic heterocycles. The van der Waals surface area contributed by atoms with Gasteiger partial charge in [-0.1, -0.05) is 18.2 Å². The van der Waals surface area contributed by atoms with E-state index in [1.54, 1.807) is 0 Å². The molecule has 0 fully saturated rings. The minimum Gasteiger partial charge on any atom is -0.479 e. The molecule has 0 spiro atoms. The molecular weight excluding hydrogens is 262 g/mol. The summed E-state index contributed by atoms with van der Waals surface area (Å²) in [6, 6.07) is 17.9. The standard InChI is InChI=1S/C17H15N3O/c18-8-10-21-15-5-2-4-14(11-15)20-12-13-3-1-6-17-16(13)7-9-19-17/h1-7,9,11,19-20H,10,12H2. The lowest BCUT2D eigenvalue weighted by molar-refractivity contribution is 0.368. The van der Waals surface area contributed by atoms with Gasteiger partial charge >= 0.3 is 0 Å². The van der Waals surface area contributed by atoms with Gasteiger partial charge in [0.2, 0.25) is 0 Å². The zero-order valence-electron chi connectivity index (χ0n) is 11.5. The van der Waals surface area contributed by atoms with E-state index in [2.05, 4.69) is 28.5 Å². The highest BCUT2D eigenvalue weighted by Gasteiger charge is 2.02. The second-order valence-electron chi connectivity index (χ2n) is 4.68. The Morgan fingerprint density at radius 2 is 2.05 bits per heavy atom. The highest BCUT2D eigenvalue weighted by atomic mass is 16.5. The predicted octanol–water partition coefficient (Wildman–Crippen LogP) is 3.68. The van der Waals surface area contributed by atoms with Crippen LogP contribution in [0.2, 0.25) is 0 Å². The Hall–Kier alpha value is -2.93.